The maximum absolute atomic E-state index is 13.1. The minimum Gasteiger partial charge on any atom is -0.478 e. The molecule has 1 unspecified atom stereocenters. The summed E-state index contributed by atoms with van der Waals surface area (Å²) >= 11 is 0. The third-order valence-electron chi connectivity index (χ3n) is 6.02. The Kier molecular flexibility index (Phi) is 9.83. The van der Waals surface area contributed by atoms with E-state index in [1.54, 1.807) is 20.0 Å². The number of hydrogen-bond acceptors (Lipinski definition) is 4. The predicted molar refractivity (Wildman–Crippen MR) is 114 cm³/mol. The number of rotatable bonds is 9. The van der Waals surface area contributed by atoms with E-state index in [2.05, 4.69) is 24.1 Å². The summed E-state index contributed by atoms with van der Waals surface area (Å²) in [6.45, 7) is 12.3. The number of hydrogen-bond donors (Lipinski definition) is 2. The third-order valence-corrected chi connectivity index (χ3v) is 6.02. The molecule has 0 aromatic heterocycles. The Morgan fingerprint density at radius 2 is 1.83 bits per heavy atom. The van der Waals surface area contributed by atoms with Crippen LogP contribution in [-0.4, -0.2) is 70.4 Å². The Morgan fingerprint density at radius 1 is 1.21 bits per heavy atom. The lowest BCUT2D eigenvalue weighted by Crippen LogP contribution is -2.58. The van der Waals surface area contributed by atoms with Gasteiger partial charge in [-0.05, 0) is 52.5 Å². The van der Waals surface area contributed by atoms with Gasteiger partial charge < -0.3 is 15.3 Å². The van der Waals surface area contributed by atoms with Crippen LogP contribution in [0, 0.1) is 5.92 Å². The second-order valence-corrected chi connectivity index (χ2v) is 8.58. The monoisotopic (exact) mass is 409 g/mol. The highest BCUT2D eigenvalue weighted by Crippen LogP contribution is 2.22. The molecule has 1 aliphatic heterocycles. The van der Waals surface area contributed by atoms with Gasteiger partial charge >= 0.3 is 5.97 Å². The summed E-state index contributed by atoms with van der Waals surface area (Å²) in [6.07, 6.45) is 5.44. The maximum Gasteiger partial charge on any atom is 0.331 e. The van der Waals surface area contributed by atoms with E-state index in [0.29, 0.717) is 6.04 Å². The lowest BCUT2D eigenvalue weighted by atomic mass is 9.96. The number of aliphatic carboxylic acids is 1. The highest BCUT2D eigenvalue weighted by atomic mass is 16.4. The Hall–Kier alpha value is -1.89. The molecule has 0 aromatic carbocycles. The van der Waals surface area contributed by atoms with Gasteiger partial charge in [0, 0.05) is 24.7 Å². The van der Waals surface area contributed by atoms with E-state index in [1.807, 2.05) is 13.8 Å². The normalized spacial score (nSPS) is 21.4. The fraction of sp³-hybridized carbons (Fsp3) is 0.773. The van der Waals surface area contributed by atoms with Crippen molar-refractivity contribution in [3.63, 3.8) is 0 Å². The molecule has 2 N–H and O–H groups in total. The number of carbonyl (C=O) groups is 3. The second-order valence-electron chi connectivity index (χ2n) is 8.58. The van der Waals surface area contributed by atoms with Crippen LogP contribution in [0.2, 0.25) is 0 Å². The first-order valence-electron chi connectivity index (χ1n) is 10.8. The average Bonchev–Trinajstić information content (AvgIpc) is 2.69. The summed E-state index contributed by atoms with van der Waals surface area (Å²) in [5.74, 6) is -1.38. The summed E-state index contributed by atoms with van der Waals surface area (Å²) in [5, 5.41) is 12.1. The first kappa shape index (κ1) is 25.1. The van der Waals surface area contributed by atoms with E-state index >= 15 is 0 Å². The van der Waals surface area contributed by atoms with Crippen molar-refractivity contribution in [3.05, 3.63) is 11.6 Å². The number of carbonyl (C=O) groups excluding carboxylic acids is 2. The number of carboxylic acids is 1. The van der Waals surface area contributed by atoms with Gasteiger partial charge in [0.25, 0.3) is 0 Å². The first-order chi connectivity index (χ1) is 13.5. The molecule has 0 spiro atoms. The summed E-state index contributed by atoms with van der Waals surface area (Å²) in [7, 11) is 1.65. The number of piperidine rings is 1. The van der Waals surface area contributed by atoms with Crippen molar-refractivity contribution in [2.75, 3.05) is 13.6 Å². The molecule has 0 aliphatic carbocycles. The quantitative estimate of drug-likeness (QED) is 0.572. The number of nitrogens with one attached hydrogen (secondary N) is 1. The minimum atomic E-state index is -1.01. The van der Waals surface area contributed by atoms with Crippen molar-refractivity contribution < 1.29 is 19.5 Å². The maximum atomic E-state index is 13.1. The zero-order valence-electron chi connectivity index (χ0n) is 19.1. The van der Waals surface area contributed by atoms with Gasteiger partial charge in [-0.3, -0.25) is 14.5 Å². The highest BCUT2D eigenvalue weighted by Gasteiger charge is 2.35. The number of likely N-dealkylation sites (N-methyl/N-ethyl adjacent to an activating group) is 1. The van der Waals surface area contributed by atoms with E-state index in [0.717, 1.165) is 32.2 Å². The van der Waals surface area contributed by atoms with Crippen LogP contribution in [0.5, 0.6) is 0 Å². The van der Waals surface area contributed by atoms with E-state index in [1.165, 1.54) is 11.8 Å². The van der Waals surface area contributed by atoms with Crippen molar-refractivity contribution in [2.24, 2.45) is 5.92 Å². The summed E-state index contributed by atoms with van der Waals surface area (Å²) in [5.41, 5.74) is 0.189. The van der Waals surface area contributed by atoms with Gasteiger partial charge in [0.15, 0.2) is 0 Å². The molecule has 1 heterocycles. The van der Waals surface area contributed by atoms with Crippen LogP contribution in [0.25, 0.3) is 0 Å². The van der Waals surface area contributed by atoms with Crippen LogP contribution >= 0.6 is 0 Å². The molecule has 0 aromatic rings. The molecule has 1 aliphatic rings. The molecule has 0 saturated carbocycles. The molecule has 7 nitrogen and oxygen atoms in total. The number of likely N-dealkylation sites (tertiary alicyclic amines) is 1. The van der Waals surface area contributed by atoms with Gasteiger partial charge in [-0.1, -0.05) is 33.3 Å². The number of amides is 2. The van der Waals surface area contributed by atoms with E-state index in [-0.39, 0.29) is 35.4 Å². The topological polar surface area (TPSA) is 90.0 Å². The molecule has 1 rings (SSSR count). The van der Waals surface area contributed by atoms with E-state index in [4.69, 9.17) is 5.11 Å². The van der Waals surface area contributed by atoms with E-state index in [9.17, 15) is 14.4 Å². The molecular formula is C22H39N3O4. The van der Waals surface area contributed by atoms with Crippen LogP contribution in [0.1, 0.15) is 67.2 Å². The van der Waals surface area contributed by atoms with Crippen molar-refractivity contribution in [2.45, 2.75) is 91.4 Å². The Labute approximate surface area is 175 Å². The van der Waals surface area contributed by atoms with Crippen LogP contribution in [0.3, 0.4) is 0 Å². The molecule has 1 saturated heterocycles. The van der Waals surface area contributed by atoms with Gasteiger partial charge in [0.05, 0.1) is 6.04 Å². The molecular weight excluding hydrogens is 370 g/mol. The lowest BCUT2D eigenvalue weighted by Gasteiger charge is -2.39. The molecule has 2 amide bonds. The van der Waals surface area contributed by atoms with Gasteiger partial charge in [0.1, 0.15) is 6.04 Å². The Morgan fingerprint density at radius 3 is 2.34 bits per heavy atom. The highest BCUT2D eigenvalue weighted by molar-refractivity contribution is 5.90. The standard InChI is InChI=1S/C22H39N3O4/c1-8-16(5)25-12-10-9-11-18(25)20(26)23-19(14(2)3)21(27)24(7)17(6)13-15(4)22(28)29/h13-14,16-19H,8-12H2,1-7H3,(H,23,26)(H,28,29)/b15-13+/t16?,17-,18+,19-/m0/s1. The summed E-state index contributed by atoms with van der Waals surface area (Å²) in [6, 6.07) is -0.909. The predicted octanol–water partition coefficient (Wildman–Crippen LogP) is 2.66. The average molecular weight is 410 g/mol. The van der Waals surface area contributed by atoms with Crippen molar-refractivity contribution in [3.8, 4) is 0 Å². The molecule has 0 bridgehead atoms. The molecule has 7 heteroatoms. The largest absolute Gasteiger partial charge is 0.478 e. The zero-order chi connectivity index (χ0) is 22.3. The SMILES string of the molecule is CCC(C)N1CCCC[C@@H]1C(=O)N[C@H](C(=O)N(C)[C@@H](C)/C=C(\C)C(=O)O)C(C)C. The van der Waals surface area contributed by atoms with Crippen molar-refractivity contribution in [1.82, 2.24) is 15.1 Å². The van der Waals surface area contributed by atoms with Crippen LogP contribution in [0.4, 0.5) is 0 Å². The number of nitrogens with zero attached hydrogens (tertiary/aromatic N) is 2. The smallest absolute Gasteiger partial charge is 0.331 e. The lowest BCUT2D eigenvalue weighted by molar-refractivity contribution is -0.139. The van der Waals surface area contributed by atoms with Gasteiger partial charge in [-0.25, -0.2) is 4.79 Å². The fourth-order valence-corrected chi connectivity index (χ4v) is 3.73. The van der Waals surface area contributed by atoms with Gasteiger partial charge in [-0.15, -0.1) is 0 Å². The van der Waals surface area contributed by atoms with Crippen molar-refractivity contribution >= 4 is 17.8 Å². The van der Waals surface area contributed by atoms with Crippen LogP contribution in [-0.2, 0) is 14.4 Å². The molecule has 166 valence electrons. The summed E-state index contributed by atoms with van der Waals surface area (Å²) < 4.78 is 0. The third kappa shape index (κ3) is 6.84. The first-order valence-corrected chi connectivity index (χ1v) is 10.8. The Bertz CT molecular complexity index is 617. The van der Waals surface area contributed by atoms with Crippen molar-refractivity contribution in [1.29, 1.82) is 0 Å². The zero-order valence-corrected chi connectivity index (χ0v) is 19.1. The molecule has 4 atom stereocenters. The van der Waals surface area contributed by atoms with Crippen LogP contribution in [0.15, 0.2) is 11.6 Å². The van der Waals surface area contributed by atoms with Gasteiger partial charge in [0.2, 0.25) is 11.8 Å². The van der Waals surface area contributed by atoms with E-state index < -0.39 is 12.0 Å². The number of carboxylic acid groups (broad SMARTS) is 1. The van der Waals surface area contributed by atoms with Crippen LogP contribution < -0.4 is 5.32 Å². The molecule has 29 heavy (non-hydrogen) atoms. The Balaban J connectivity index is 2.93. The molecule has 1 fully saturated rings. The van der Waals surface area contributed by atoms with Gasteiger partial charge in [-0.2, -0.15) is 0 Å². The summed E-state index contributed by atoms with van der Waals surface area (Å²) in [4.78, 5) is 41.0. The minimum absolute atomic E-state index is 0.0775. The second kappa shape index (κ2) is 11.3. The molecule has 0 radical (unpaired) electrons. The fourth-order valence-electron chi connectivity index (χ4n) is 3.73.